The van der Waals surface area contributed by atoms with E-state index >= 15 is 0 Å². The van der Waals surface area contributed by atoms with E-state index in [9.17, 15) is 24.0 Å². The molecule has 2 aliphatic heterocycles. The molecule has 42 heavy (non-hydrogen) atoms. The molecule has 1 aromatic heterocycles. The van der Waals surface area contributed by atoms with Gasteiger partial charge in [-0.05, 0) is 37.5 Å². The molecular weight excluding hydrogens is 544 g/mol. The number of amides is 5. The molecule has 5 amide bonds. The lowest BCUT2D eigenvalue weighted by molar-refractivity contribution is -0.136. The molecule has 0 spiro atoms. The van der Waals surface area contributed by atoms with Crippen LogP contribution in [0, 0.1) is 0 Å². The number of imide groups is 2. The number of aromatic nitrogens is 2. The van der Waals surface area contributed by atoms with Gasteiger partial charge in [-0.15, -0.1) is 0 Å². The fraction of sp³-hybridized carbons (Fsp3) is 0.276. The van der Waals surface area contributed by atoms with Crippen LogP contribution in [0.2, 0.25) is 0 Å². The maximum Gasteiger partial charge on any atom is 0.405 e. The number of carboxylic acid groups (broad SMARTS) is 1. The number of benzene rings is 2. The Morgan fingerprint density at radius 2 is 1.83 bits per heavy atom. The van der Waals surface area contributed by atoms with E-state index in [0.29, 0.717) is 36.8 Å². The summed E-state index contributed by atoms with van der Waals surface area (Å²) in [5.41, 5.74) is 2.49. The molecule has 0 bridgehead atoms. The molecule has 0 aliphatic carbocycles. The van der Waals surface area contributed by atoms with E-state index in [4.69, 9.17) is 9.84 Å². The van der Waals surface area contributed by atoms with Crippen molar-refractivity contribution in [1.82, 2.24) is 25.5 Å². The van der Waals surface area contributed by atoms with Crippen molar-refractivity contribution >= 4 is 35.4 Å². The lowest BCUT2D eigenvalue weighted by Crippen LogP contribution is -2.54. The Morgan fingerprint density at radius 3 is 2.52 bits per heavy atom. The summed E-state index contributed by atoms with van der Waals surface area (Å²) in [5.74, 6) is -1.22. The Morgan fingerprint density at radius 1 is 1.10 bits per heavy atom. The van der Waals surface area contributed by atoms with Crippen LogP contribution >= 0.6 is 0 Å². The molecule has 1 fully saturated rings. The molecule has 1 saturated heterocycles. The number of ether oxygens (including phenoxy) is 1. The Kier molecular flexibility index (Phi) is 8.09. The van der Waals surface area contributed by atoms with Crippen LogP contribution in [-0.4, -0.2) is 68.9 Å². The monoisotopic (exact) mass is 572 g/mol. The van der Waals surface area contributed by atoms with E-state index in [0.717, 1.165) is 16.0 Å². The zero-order valence-corrected chi connectivity index (χ0v) is 22.6. The largest absolute Gasteiger partial charge is 0.490 e. The standard InChI is InChI=1S/C29H28N6O7/c1-16(33-29(40)41)17-6-8-18(9-7-17)25-31-14-19(15-32-25)42-13-3-12-30-21-5-2-4-20-24(21)28(39)35(27(20)38)22-10-11-23(36)34-26(22)37/h2,4-9,14-16,22,30,33H,3,10-13H2,1H3,(H,40,41)(H,34,36,37)/t16-,22?/m0/s1. The Balaban J connectivity index is 1.12. The summed E-state index contributed by atoms with van der Waals surface area (Å²) in [6, 6.07) is 10.8. The van der Waals surface area contributed by atoms with Crippen LogP contribution in [0.3, 0.4) is 0 Å². The summed E-state index contributed by atoms with van der Waals surface area (Å²) in [4.78, 5) is 70.4. The van der Waals surface area contributed by atoms with Gasteiger partial charge in [-0.2, -0.15) is 0 Å². The first kappa shape index (κ1) is 28.2. The molecule has 13 nitrogen and oxygen atoms in total. The number of rotatable bonds is 10. The Hall–Kier alpha value is -5.33. The van der Waals surface area contributed by atoms with Crippen LogP contribution in [0.15, 0.2) is 54.9 Å². The Bertz CT molecular complexity index is 1540. The van der Waals surface area contributed by atoms with Gasteiger partial charge in [0.25, 0.3) is 11.8 Å². The van der Waals surface area contributed by atoms with Gasteiger partial charge in [0.1, 0.15) is 6.04 Å². The van der Waals surface area contributed by atoms with Crippen LogP contribution < -0.4 is 20.7 Å². The van der Waals surface area contributed by atoms with E-state index in [1.54, 1.807) is 37.5 Å². The average Bonchev–Trinajstić information content (AvgIpc) is 3.23. The first-order valence-corrected chi connectivity index (χ1v) is 13.4. The number of fused-ring (bicyclic) bond motifs is 1. The van der Waals surface area contributed by atoms with E-state index in [1.807, 2.05) is 24.3 Å². The zero-order chi connectivity index (χ0) is 29.8. The van der Waals surface area contributed by atoms with Crippen molar-refractivity contribution < 1.29 is 33.8 Å². The second-order valence-electron chi connectivity index (χ2n) is 9.84. The second-order valence-corrected chi connectivity index (χ2v) is 9.84. The topological polar surface area (TPSA) is 180 Å². The number of piperidine rings is 1. The highest BCUT2D eigenvalue weighted by molar-refractivity contribution is 6.25. The lowest BCUT2D eigenvalue weighted by atomic mass is 10.0. The molecule has 4 N–H and O–H groups in total. The van der Waals surface area contributed by atoms with Crippen LogP contribution in [0.1, 0.15) is 58.5 Å². The number of carbonyl (C=O) groups is 5. The summed E-state index contributed by atoms with van der Waals surface area (Å²) in [5, 5.41) is 16.6. The summed E-state index contributed by atoms with van der Waals surface area (Å²) < 4.78 is 5.74. The van der Waals surface area contributed by atoms with Gasteiger partial charge in [0.2, 0.25) is 11.8 Å². The van der Waals surface area contributed by atoms with Gasteiger partial charge in [-0.25, -0.2) is 14.8 Å². The van der Waals surface area contributed by atoms with Gasteiger partial charge in [-0.1, -0.05) is 30.3 Å². The highest BCUT2D eigenvalue weighted by Crippen LogP contribution is 2.32. The number of anilines is 1. The molecule has 1 unspecified atom stereocenters. The van der Waals surface area contributed by atoms with Gasteiger partial charge in [0, 0.05) is 24.2 Å². The van der Waals surface area contributed by atoms with Crippen molar-refractivity contribution in [3.05, 3.63) is 71.5 Å². The van der Waals surface area contributed by atoms with Gasteiger partial charge in [-0.3, -0.25) is 29.4 Å². The van der Waals surface area contributed by atoms with Crippen molar-refractivity contribution in [3.8, 4) is 17.1 Å². The molecule has 13 heteroatoms. The highest BCUT2D eigenvalue weighted by atomic mass is 16.5. The second kappa shape index (κ2) is 12.0. The minimum Gasteiger partial charge on any atom is -0.490 e. The Labute approximate surface area is 240 Å². The van der Waals surface area contributed by atoms with Gasteiger partial charge in [0.15, 0.2) is 11.6 Å². The van der Waals surface area contributed by atoms with Gasteiger partial charge < -0.3 is 20.5 Å². The van der Waals surface area contributed by atoms with Crippen LogP contribution in [0.5, 0.6) is 5.75 Å². The van der Waals surface area contributed by atoms with E-state index in [-0.39, 0.29) is 30.0 Å². The van der Waals surface area contributed by atoms with E-state index in [1.165, 1.54) is 0 Å². The van der Waals surface area contributed by atoms with Gasteiger partial charge in [0.05, 0.1) is 36.2 Å². The molecule has 2 aliphatic rings. The molecular formula is C29H28N6O7. The first-order valence-electron chi connectivity index (χ1n) is 13.4. The maximum absolute atomic E-state index is 13.2. The summed E-state index contributed by atoms with van der Waals surface area (Å²) >= 11 is 0. The summed E-state index contributed by atoms with van der Waals surface area (Å²) in [6.07, 6.45) is 2.76. The molecule has 5 rings (SSSR count). The minimum atomic E-state index is -1.09. The molecule has 216 valence electrons. The van der Waals surface area contributed by atoms with Crippen LogP contribution in [-0.2, 0) is 9.59 Å². The number of carbonyl (C=O) groups excluding carboxylic acids is 4. The molecule has 0 saturated carbocycles. The van der Waals surface area contributed by atoms with Gasteiger partial charge >= 0.3 is 6.09 Å². The molecule has 3 heterocycles. The van der Waals surface area contributed by atoms with E-state index < -0.39 is 35.8 Å². The first-order chi connectivity index (χ1) is 20.2. The third-order valence-electron chi connectivity index (χ3n) is 7.01. The fourth-order valence-electron chi connectivity index (χ4n) is 4.88. The van der Waals surface area contributed by atoms with Crippen molar-refractivity contribution in [2.45, 2.75) is 38.3 Å². The minimum absolute atomic E-state index is 0.0588. The number of nitrogens with one attached hydrogen (secondary N) is 3. The normalized spacial score (nSPS) is 17.0. The molecule has 0 radical (unpaired) electrons. The number of nitrogens with zero attached hydrogens (tertiary/aromatic N) is 3. The lowest BCUT2D eigenvalue weighted by Gasteiger charge is -2.27. The SMILES string of the molecule is C[C@H](NC(=O)O)c1ccc(-c2ncc(OCCCNc3cccc4c3C(=O)N(C3CCC(=O)NC3=O)C4=O)cn2)cc1. The smallest absolute Gasteiger partial charge is 0.405 e. The predicted octanol–water partition coefficient (Wildman–Crippen LogP) is 2.75. The average molecular weight is 573 g/mol. The van der Waals surface area contributed by atoms with Crippen molar-refractivity contribution in [3.63, 3.8) is 0 Å². The quantitative estimate of drug-likeness (QED) is 0.208. The number of hydrogen-bond donors (Lipinski definition) is 4. The predicted molar refractivity (Wildman–Crippen MR) is 149 cm³/mol. The van der Waals surface area contributed by atoms with E-state index in [2.05, 4.69) is 25.9 Å². The third-order valence-corrected chi connectivity index (χ3v) is 7.01. The third kappa shape index (κ3) is 5.89. The molecule has 2 atom stereocenters. The number of hydrogen-bond acceptors (Lipinski definition) is 9. The summed E-state index contributed by atoms with van der Waals surface area (Å²) in [6.45, 7) is 2.53. The zero-order valence-electron chi connectivity index (χ0n) is 22.6. The molecule has 3 aromatic rings. The van der Waals surface area contributed by atoms with Crippen LogP contribution in [0.4, 0.5) is 10.5 Å². The maximum atomic E-state index is 13.2. The van der Waals surface area contributed by atoms with Crippen molar-refractivity contribution in [1.29, 1.82) is 0 Å². The fourth-order valence-corrected chi connectivity index (χ4v) is 4.88. The molecule has 2 aromatic carbocycles. The van der Waals surface area contributed by atoms with Crippen molar-refractivity contribution in [2.75, 3.05) is 18.5 Å². The van der Waals surface area contributed by atoms with Crippen LogP contribution in [0.25, 0.3) is 11.4 Å². The summed E-state index contributed by atoms with van der Waals surface area (Å²) in [7, 11) is 0. The van der Waals surface area contributed by atoms with Crippen molar-refractivity contribution in [2.24, 2.45) is 0 Å². The highest BCUT2D eigenvalue weighted by Gasteiger charge is 2.45.